The summed E-state index contributed by atoms with van der Waals surface area (Å²) in [5, 5.41) is 1.15. The molecule has 2 heterocycles. The van der Waals surface area contributed by atoms with Gasteiger partial charge in [0, 0.05) is 17.9 Å². The minimum atomic E-state index is 0.0507. The molecule has 0 bridgehead atoms. The van der Waals surface area contributed by atoms with Crippen LogP contribution < -0.4 is 9.47 Å². The highest BCUT2D eigenvalue weighted by molar-refractivity contribution is 6.34. The maximum atomic E-state index is 6.07. The van der Waals surface area contributed by atoms with E-state index in [1.54, 1.807) is 13.2 Å². The van der Waals surface area contributed by atoms with Gasteiger partial charge >= 0.3 is 0 Å². The first-order valence-corrected chi connectivity index (χ1v) is 6.38. The molecule has 0 aliphatic carbocycles. The van der Waals surface area contributed by atoms with E-state index in [1.807, 2.05) is 6.07 Å². The molecule has 0 spiro atoms. The molecule has 1 fully saturated rings. The predicted molar refractivity (Wildman–Crippen MR) is 71.0 cm³/mol. The lowest BCUT2D eigenvalue weighted by Gasteiger charge is -2.15. The highest BCUT2D eigenvalue weighted by Crippen LogP contribution is 2.34. The molecule has 0 N–H and O–H groups in total. The average Bonchev–Trinajstić information content (AvgIpc) is 2.92. The third kappa shape index (κ3) is 2.43. The molecule has 19 heavy (non-hydrogen) atoms. The Labute approximate surface area is 115 Å². The van der Waals surface area contributed by atoms with Crippen LogP contribution in [0.15, 0.2) is 18.5 Å². The highest BCUT2D eigenvalue weighted by atomic mass is 35.5. The van der Waals surface area contributed by atoms with Gasteiger partial charge in [-0.05, 0) is 6.07 Å². The van der Waals surface area contributed by atoms with Gasteiger partial charge in [0.05, 0.1) is 25.8 Å². The van der Waals surface area contributed by atoms with Gasteiger partial charge in [-0.25, -0.2) is 9.97 Å². The van der Waals surface area contributed by atoms with Gasteiger partial charge in [0.25, 0.3) is 0 Å². The van der Waals surface area contributed by atoms with Crippen LogP contribution in [-0.2, 0) is 4.74 Å². The summed E-state index contributed by atoms with van der Waals surface area (Å²) in [7, 11) is 1.60. The average molecular weight is 281 g/mol. The number of methoxy groups -OCH3 is 1. The number of rotatable bonds is 3. The first-order valence-electron chi connectivity index (χ1n) is 6.00. The molecule has 100 valence electrons. The minimum Gasteiger partial charge on any atom is -0.493 e. The van der Waals surface area contributed by atoms with E-state index in [9.17, 15) is 0 Å². The zero-order chi connectivity index (χ0) is 13.2. The van der Waals surface area contributed by atoms with Gasteiger partial charge in [0.15, 0.2) is 11.5 Å². The van der Waals surface area contributed by atoms with Gasteiger partial charge in [-0.15, -0.1) is 0 Å². The Morgan fingerprint density at radius 1 is 1.32 bits per heavy atom. The van der Waals surface area contributed by atoms with Crippen molar-refractivity contribution in [3.05, 3.63) is 23.6 Å². The van der Waals surface area contributed by atoms with E-state index in [0.717, 1.165) is 23.9 Å². The van der Waals surface area contributed by atoms with Crippen molar-refractivity contribution in [1.29, 1.82) is 0 Å². The van der Waals surface area contributed by atoms with Crippen LogP contribution in [0.4, 0.5) is 0 Å². The van der Waals surface area contributed by atoms with E-state index in [4.69, 9.17) is 25.8 Å². The number of halogens is 1. The van der Waals surface area contributed by atoms with E-state index in [1.165, 1.54) is 6.33 Å². The second kappa shape index (κ2) is 5.19. The van der Waals surface area contributed by atoms with Gasteiger partial charge in [-0.1, -0.05) is 11.6 Å². The molecule has 1 aliphatic heterocycles. The van der Waals surface area contributed by atoms with E-state index in [0.29, 0.717) is 23.3 Å². The maximum Gasteiger partial charge on any atom is 0.162 e. The summed E-state index contributed by atoms with van der Waals surface area (Å²) in [6.07, 6.45) is 2.35. The monoisotopic (exact) mass is 280 g/mol. The molecule has 6 heteroatoms. The zero-order valence-corrected chi connectivity index (χ0v) is 11.2. The largest absolute Gasteiger partial charge is 0.493 e. The molecule has 0 amide bonds. The summed E-state index contributed by atoms with van der Waals surface area (Å²) in [6.45, 7) is 1.32. The molecule has 0 saturated carbocycles. The number of benzene rings is 1. The van der Waals surface area contributed by atoms with Gasteiger partial charge < -0.3 is 14.2 Å². The summed E-state index contributed by atoms with van der Waals surface area (Å²) < 4.78 is 16.5. The summed E-state index contributed by atoms with van der Waals surface area (Å²) in [5.41, 5.74) is 0.729. The third-order valence-corrected chi connectivity index (χ3v) is 3.35. The summed E-state index contributed by atoms with van der Waals surface area (Å²) >= 11 is 6.07. The molecular weight excluding hydrogens is 268 g/mol. The van der Waals surface area contributed by atoms with E-state index < -0.39 is 0 Å². The molecule has 2 aromatic rings. The Hall–Kier alpha value is -1.59. The van der Waals surface area contributed by atoms with Crippen LogP contribution in [-0.4, -0.2) is 36.4 Å². The molecule has 0 radical (unpaired) electrons. The van der Waals surface area contributed by atoms with Crippen LogP contribution in [0.1, 0.15) is 6.42 Å². The Balaban J connectivity index is 2.03. The van der Waals surface area contributed by atoms with Crippen molar-refractivity contribution < 1.29 is 14.2 Å². The fourth-order valence-corrected chi connectivity index (χ4v) is 2.26. The maximum absolute atomic E-state index is 6.07. The van der Waals surface area contributed by atoms with Gasteiger partial charge in [-0.3, -0.25) is 0 Å². The lowest BCUT2D eigenvalue weighted by Crippen LogP contribution is -2.16. The van der Waals surface area contributed by atoms with Crippen molar-refractivity contribution in [2.45, 2.75) is 12.5 Å². The number of nitrogens with zero attached hydrogens (tertiary/aromatic N) is 2. The molecule has 1 aromatic carbocycles. The molecule has 1 aliphatic rings. The Bertz CT molecular complexity index is 600. The van der Waals surface area contributed by atoms with Crippen molar-refractivity contribution >= 4 is 22.5 Å². The summed E-state index contributed by atoms with van der Waals surface area (Å²) in [4.78, 5) is 8.14. The number of hydrogen-bond acceptors (Lipinski definition) is 5. The van der Waals surface area contributed by atoms with Crippen LogP contribution >= 0.6 is 11.6 Å². The van der Waals surface area contributed by atoms with Gasteiger partial charge in [-0.2, -0.15) is 0 Å². The van der Waals surface area contributed by atoms with Crippen molar-refractivity contribution in [3.63, 3.8) is 0 Å². The first-order chi connectivity index (χ1) is 9.28. The molecule has 1 unspecified atom stereocenters. The fourth-order valence-electron chi connectivity index (χ4n) is 2.07. The van der Waals surface area contributed by atoms with Crippen LogP contribution in [0.2, 0.25) is 5.15 Å². The van der Waals surface area contributed by atoms with Crippen LogP contribution in [0.5, 0.6) is 11.5 Å². The molecule has 3 rings (SSSR count). The van der Waals surface area contributed by atoms with Crippen molar-refractivity contribution in [2.24, 2.45) is 0 Å². The van der Waals surface area contributed by atoms with Crippen LogP contribution in [0.25, 0.3) is 10.9 Å². The molecule has 1 aromatic heterocycles. The van der Waals surface area contributed by atoms with Crippen LogP contribution in [0.3, 0.4) is 0 Å². The molecule has 5 nitrogen and oxygen atoms in total. The summed E-state index contributed by atoms with van der Waals surface area (Å²) in [6, 6.07) is 3.61. The smallest absolute Gasteiger partial charge is 0.162 e. The second-order valence-corrected chi connectivity index (χ2v) is 4.65. The standard InChI is InChI=1S/C13H13ClN2O3/c1-17-11-5-10-9(13(14)16-7-15-10)4-12(11)19-8-2-3-18-6-8/h4-5,7-8H,2-3,6H2,1H3. The SMILES string of the molecule is COc1cc2ncnc(Cl)c2cc1OC1CCOC1. The number of fused-ring (bicyclic) bond motifs is 1. The Morgan fingerprint density at radius 2 is 2.21 bits per heavy atom. The van der Waals surface area contributed by atoms with Crippen molar-refractivity contribution in [2.75, 3.05) is 20.3 Å². The van der Waals surface area contributed by atoms with Crippen molar-refractivity contribution in [1.82, 2.24) is 9.97 Å². The highest BCUT2D eigenvalue weighted by Gasteiger charge is 2.20. The Kier molecular flexibility index (Phi) is 3.40. The van der Waals surface area contributed by atoms with Gasteiger partial charge in [0.2, 0.25) is 0 Å². The molecular formula is C13H13ClN2O3. The fraction of sp³-hybridized carbons (Fsp3) is 0.385. The third-order valence-electron chi connectivity index (χ3n) is 3.05. The Morgan fingerprint density at radius 3 is 2.95 bits per heavy atom. The number of ether oxygens (including phenoxy) is 3. The topological polar surface area (TPSA) is 53.5 Å². The van der Waals surface area contributed by atoms with E-state index in [-0.39, 0.29) is 6.10 Å². The predicted octanol–water partition coefficient (Wildman–Crippen LogP) is 2.46. The van der Waals surface area contributed by atoms with Crippen molar-refractivity contribution in [3.8, 4) is 11.5 Å². The van der Waals surface area contributed by atoms with E-state index >= 15 is 0 Å². The van der Waals surface area contributed by atoms with Crippen LogP contribution in [0, 0.1) is 0 Å². The lowest BCUT2D eigenvalue weighted by molar-refractivity contribution is 0.139. The van der Waals surface area contributed by atoms with E-state index in [2.05, 4.69) is 9.97 Å². The quantitative estimate of drug-likeness (QED) is 0.809. The molecule has 1 saturated heterocycles. The zero-order valence-electron chi connectivity index (χ0n) is 10.4. The minimum absolute atomic E-state index is 0.0507. The first kappa shape index (κ1) is 12.4. The number of hydrogen-bond donors (Lipinski definition) is 0. The van der Waals surface area contributed by atoms with Gasteiger partial charge in [0.1, 0.15) is 17.6 Å². The lowest BCUT2D eigenvalue weighted by atomic mass is 10.2. The second-order valence-electron chi connectivity index (χ2n) is 4.29. The molecule has 1 atom stereocenters. The number of aromatic nitrogens is 2. The normalized spacial score (nSPS) is 18.7. The summed E-state index contributed by atoms with van der Waals surface area (Å²) in [5.74, 6) is 1.27.